The molecule has 1 aromatic heterocycles. The van der Waals surface area contributed by atoms with Crippen LogP contribution >= 0.6 is 27.3 Å². The average Bonchev–Trinajstić information content (AvgIpc) is 3.20. The topological polar surface area (TPSA) is 32.3 Å². The van der Waals surface area contributed by atoms with Crippen LogP contribution in [0, 0.1) is 5.92 Å². The van der Waals surface area contributed by atoms with E-state index in [0.717, 1.165) is 38.8 Å². The zero-order valence-corrected chi connectivity index (χ0v) is 14.2. The van der Waals surface area contributed by atoms with Gasteiger partial charge in [0.1, 0.15) is 0 Å². The molecule has 1 aliphatic heterocycles. The summed E-state index contributed by atoms with van der Waals surface area (Å²) in [7, 11) is 0. The lowest BCUT2D eigenvalue weighted by Gasteiger charge is -2.34. The van der Waals surface area contributed by atoms with Gasteiger partial charge in [-0.05, 0) is 60.7 Å². The van der Waals surface area contributed by atoms with Gasteiger partial charge in [-0.1, -0.05) is 0 Å². The van der Waals surface area contributed by atoms with Crippen LogP contribution in [0.15, 0.2) is 15.9 Å². The number of rotatable bonds is 4. The molecule has 3 nitrogen and oxygen atoms in total. The molecule has 0 spiro atoms. The van der Waals surface area contributed by atoms with Gasteiger partial charge in [0.15, 0.2) is 0 Å². The van der Waals surface area contributed by atoms with Gasteiger partial charge < -0.3 is 10.2 Å². The van der Waals surface area contributed by atoms with Crippen molar-refractivity contribution in [1.29, 1.82) is 0 Å². The number of hydrogen-bond acceptors (Lipinski definition) is 3. The van der Waals surface area contributed by atoms with Gasteiger partial charge in [0, 0.05) is 36.0 Å². The highest BCUT2D eigenvalue weighted by Gasteiger charge is 2.35. The fraction of sp³-hybridized carbons (Fsp3) is 0.667. The molecule has 1 amide bonds. The van der Waals surface area contributed by atoms with Crippen LogP contribution in [-0.2, 0) is 4.79 Å². The largest absolute Gasteiger partial charge is 0.342 e. The Morgan fingerprint density at radius 3 is 2.60 bits per heavy atom. The maximum Gasteiger partial charge on any atom is 0.225 e. The number of carbonyl (C=O) groups excluding carboxylic acids is 1. The second-order valence-electron chi connectivity index (χ2n) is 5.90. The van der Waals surface area contributed by atoms with Gasteiger partial charge in [-0.25, -0.2) is 0 Å². The van der Waals surface area contributed by atoms with Crippen LogP contribution in [0.5, 0.6) is 0 Å². The minimum absolute atomic E-state index is 0.363. The minimum Gasteiger partial charge on any atom is -0.342 e. The predicted molar refractivity (Wildman–Crippen MR) is 85.9 cm³/mol. The van der Waals surface area contributed by atoms with E-state index in [0.29, 0.717) is 23.9 Å². The van der Waals surface area contributed by atoms with Crippen molar-refractivity contribution in [3.63, 3.8) is 0 Å². The number of piperidine rings is 1. The molecule has 1 aliphatic carbocycles. The zero-order chi connectivity index (χ0) is 14.1. The summed E-state index contributed by atoms with van der Waals surface area (Å²) in [5.74, 6) is 0.764. The van der Waals surface area contributed by atoms with Crippen LogP contribution in [-0.4, -0.2) is 29.9 Å². The Hall–Kier alpha value is -0.390. The smallest absolute Gasteiger partial charge is 0.225 e. The number of hydrogen-bond donors (Lipinski definition) is 1. The summed E-state index contributed by atoms with van der Waals surface area (Å²) < 4.78 is 1.19. The molecule has 2 heterocycles. The Kier molecular flexibility index (Phi) is 4.48. The first-order valence-electron chi connectivity index (χ1n) is 7.43. The summed E-state index contributed by atoms with van der Waals surface area (Å²) in [5, 5.41) is 3.70. The molecule has 5 heteroatoms. The van der Waals surface area contributed by atoms with E-state index in [9.17, 15) is 4.79 Å². The summed E-state index contributed by atoms with van der Waals surface area (Å²) in [5.41, 5.74) is 0. The van der Waals surface area contributed by atoms with Crippen molar-refractivity contribution in [3.05, 3.63) is 20.8 Å². The van der Waals surface area contributed by atoms with Crippen molar-refractivity contribution < 1.29 is 4.79 Å². The van der Waals surface area contributed by atoms with E-state index in [-0.39, 0.29) is 0 Å². The van der Waals surface area contributed by atoms with Crippen LogP contribution in [0.2, 0.25) is 0 Å². The molecule has 1 N–H and O–H groups in total. The lowest BCUT2D eigenvalue weighted by Crippen LogP contribution is -2.45. The van der Waals surface area contributed by atoms with E-state index in [1.807, 2.05) is 0 Å². The van der Waals surface area contributed by atoms with Crippen molar-refractivity contribution in [2.75, 3.05) is 13.1 Å². The fourth-order valence-corrected chi connectivity index (χ4v) is 4.29. The number of nitrogens with zero attached hydrogens (tertiary/aromatic N) is 1. The standard InChI is InChI=1S/C15H21BrN2OS/c1-10(13-4-5-14(16)20-13)17-12-6-8-18(9-7-12)15(19)11-2-3-11/h4-5,10-12,17H,2-3,6-9H2,1H3. The van der Waals surface area contributed by atoms with E-state index in [1.54, 1.807) is 11.3 Å². The van der Waals surface area contributed by atoms with Gasteiger partial charge in [0.25, 0.3) is 0 Å². The molecular formula is C15H21BrN2OS. The molecule has 1 aromatic rings. The second kappa shape index (κ2) is 6.16. The fourth-order valence-electron chi connectivity index (χ4n) is 2.85. The van der Waals surface area contributed by atoms with Crippen molar-refractivity contribution >= 4 is 33.2 Å². The van der Waals surface area contributed by atoms with Gasteiger partial charge in [-0.2, -0.15) is 0 Å². The number of amides is 1. The van der Waals surface area contributed by atoms with Gasteiger partial charge in [-0.15, -0.1) is 11.3 Å². The third kappa shape index (κ3) is 3.43. The molecular weight excluding hydrogens is 336 g/mol. The van der Waals surface area contributed by atoms with Gasteiger partial charge in [0.05, 0.1) is 3.79 Å². The molecule has 1 saturated carbocycles. The van der Waals surface area contributed by atoms with Crippen LogP contribution in [0.3, 0.4) is 0 Å². The molecule has 0 radical (unpaired) electrons. The van der Waals surface area contributed by atoms with Crippen molar-refractivity contribution in [3.8, 4) is 0 Å². The first-order valence-corrected chi connectivity index (χ1v) is 9.04. The van der Waals surface area contributed by atoms with Crippen molar-refractivity contribution in [2.45, 2.75) is 44.7 Å². The SMILES string of the molecule is CC(NC1CCN(C(=O)C2CC2)CC1)c1ccc(Br)s1. The summed E-state index contributed by atoms with van der Waals surface area (Å²) in [6.45, 7) is 4.07. The van der Waals surface area contributed by atoms with Gasteiger partial charge in [0.2, 0.25) is 5.91 Å². The van der Waals surface area contributed by atoms with Gasteiger partial charge >= 0.3 is 0 Å². The molecule has 0 aromatic carbocycles. The minimum atomic E-state index is 0.363. The summed E-state index contributed by atoms with van der Waals surface area (Å²) in [6.07, 6.45) is 4.38. The molecule has 1 unspecified atom stereocenters. The number of thiophene rings is 1. The van der Waals surface area contributed by atoms with E-state index >= 15 is 0 Å². The lowest BCUT2D eigenvalue weighted by atomic mass is 10.0. The maximum atomic E-state index is 12.0. The molecule has 0 bridgehead atoms. The Bertz CT molecular complexity index is 478. The van der Waals surface area contributed by atoms with Crippen molar-refractivity contribution in [2.24, 2.45) is 5.92 Å². The molecule has 1 atom stereocenters. The number of nitrogens with one attached hydrogen (secondary N) is 1. The van der Waals surface area contributed by atoms with E-state index in [2.05, 4.69) is 45.2 Å². The van der Waals surface area contributed by atoms with Crippen LogP contribution < -0.4 is 5.32 Å². The van der Waals surface area contributed by atoms with E-state index < -0.39 is 0 Å². The van der Waals surface area contributed by atoms with Crippen molar-refractivity contribution in [1.82, 2.24) is 10.2 Å². The maximum absolute atomic E-state index is 12.0. The Balaban J connectivity index is 1.47. The van der Waals surface area contributed by atoms with Crippen LogP contribution in [0.4, 0.5) is 0 Å². The summed E-state index contributed by atoms with van der Waals surface area (Å²) >= 11 is 5.31. The highest BCUT2D eigenvalue weighted by Crippen LogP contribution is 2.32. The van der Waals surface area contributed by atoms with E-state index in [1.165, 1.54) is 8.66 Å². The third-order valence-corrected chi connectivity index (χ3v) is 6.05. The number of carbonyl (C=O) groups is 1. The lowest BCUT2D eigenvalue weighted by molar-refractivity contribution is -0.133. The quantitative estimate of drug-likeness (QED) is 0.894. The Labute approximate surface area is 132 Å². The summed E-state index contributed by atoms with van der Waals surface area (Å²) in [4.78, 5) is 15.5. The number of halogens is 1. The highest BCUT2D eigenvalue weighted by molar-refractivity contribution is 9.11. The summed E-state index contributed by atoms with van der Waals surface area (Å²) in [6, 6.07) is 5.21. The van der Waals surface area contributed by atoms with Crippen LogP contribution in [0.1, 0.15) is 43.5 Å². The third-order valence-electron chi connectivity index (χ3n) is 4.24. The predicted octanol–water partition coefficient (Wildman–Crippen LogP) is 3.56. The molecule has 20 heavy (non-hydrogen) atoms. The number of likely N-dealkylation sites (tertiary alicyclic amines) is 1. The van der Waals surface area contributed by atoms with Gasteiger partial charge in [-0.3, -0.25) is 4.79 Å². The highest BCUT2D eigenvalue weighted by atomic mass is 79.9. The van der Waals surface area contributed by atoms with Crippen LogP contribution in [0.25, 0.3) is 0 Å². The second-order valence-corrected chi connectivity index (χ2v) is 8.40. The molecule has 2 fully saturated rings. The monoisotopic (exact) mass is 356 g/mol. The molecule has 110 valence electrons. The Morgan fingerprint density at radius 1 is 1.35 bits per heavy atom. The zero-order valence-electron chi connectivity index (χ0n) is 11.8. The molecule has 2 aliphatic rings. The normalized spacial score (nSPS) is 22.0. The first kappa shape index (κ1) is 14.5. The Morgan fingerprint density at radius 2 is 2.05 bits per heavy atom. The average molecular weight is 357 g/mol. The van der Waals surface area contributed by atoms with E-state index in [4.69, 9.17) is 0 Å². The first-order chi connectivity index (χ1) is 9.63. The molecule has 3 rings (SSSR count). The molecule has 1 saturated heterocycles.